The Morgan fingerprint density at radius 1 is 1.00 bits per heavy atom. The van der Waals surface area contributed by atoms with E-state index in [1.807, 2.05) is 31.7 Å². The molecule has 1 amide bonds. The van der Waals surface area contributed by atoms with E-state index >= 15 is 0 Å². The van der Waals surface area contributed by atoms with Crippen molar-refractivity contribution in [1.82, 2.24) is 9.80 Å². The van der Waals surface area contributed by atoms with Gasteiger partial charge in [0.25, 0.3) is 11.7 Å². The van der Waals surface area contributed by atoms with E-state index in [1.165, 1.54) is 19.3 Å². The summed E-state index contributed by atoms with van der Waals surface area (Å²) in [5.41, 5.74) is 5.74. The van der Waals surface area contributed by atoms with Gasteiger partial charge in [-0.1, -0.05) is 11.6 Å². The maximum atomic E-state index is 13.8. The van der Waals surface area contributed by atoms with Gasteiger partial charge in [-0.25, -0.2) is 0 Å². The molecule has 2 aliphatic heterocycles. The number of carbonyl (C=O) groups is 2. The lowest BCUT2D eigenvalue weighted by atomic mass is 9.54. The van der Waals surface area contributed by atoms with Crippen molar-refractivity contribution < 1.29 is 19.1 Å². The second-order valence-corrected chi connectivity index (χ2v) is 12.6. The standard InChI is InChI=1S/C31H40N2O4/c1-19-15-20(2)23(24(34)16-19)18-33-14-7-22-17-25-27(21(3)26(22)28(33)35)37-29(4,36-25)30-8-11-31(12-9-30,13-10-30)32(5)6/h15,17H,7-14,16,18H2,1-6H3. The molecule has 2 bridgehead atoms. The number of Topliss-reactive ketones (excluding diaryl/α,β-unsaturated/α-hetero) is 1. The topological polar surface area (TPSA) is 59.1 Å². The normalized spacial score (nSPS) is 32.8. The van der Waals surface area contributed by atoms with Crippen molar-refractivity contribution in [1.29, 1.82) is 0 Å². The number of amides is 1. The maximum Gasteiger partial charge on any atom is 0.254 e. The average Bonchev–Trinajstić information content (AvgIpc) is 3.22. The van der Waals surface area contributed by atoms with Crippen LogP contribution in [-0.4, -0.2) is 60.0 Å². The molecule has 3 fully saturated rings. The maximum absolute atomic E-state index is 13.8. The molecule has 6 nitrogen and oxygen atoms in total. The van der Waals surface area contributed by atoms with Crippen molar-refractivity contribution in [3.8, 4) is 11.5 Å². The number of allylic oxidation sites excluding steroid dienone is 3. The van der Waals surface area contributed by atoms with Crippen molar-refractivity contribution in [2.75, 3.05) is 27.2 Å². The number of fused-ring (bicyclic) bond motifs is 5. The number of hydrogen-bond donors (Lipinski definition) is 0. The van der Waals surface area contributed by atoms with Crippen LogP contribution >= 0.6 is 0 Å². The summed E-state index contributed by atoms with van der Waals surface area (Å²) >= 11 is 0. The second kappa shape index (κ2) is 8.20. The van der Waals surface area contributed by atoms with Crippen molar-refractivity contribution in [3.63, 3.8) is 0 Å². The summed E-state index contributed by atoms with van der Waals surface area (Å²) in [7, 11) is 4.43. The second-order valence-electron chi connectivity index (χ2n) is 12.6. The Labute approximate surface area is 220 Å². The fourth-order valence-corrected chi connectivity index (χ4v) is 7.85. The van der Waals surface area contributed by atoms with Gasteiger partial charge in [-0.05, 0) is 97.0 Å². The number of rotatable bonds is 4. The quantitative estimate of drug-likeness (QED) is 0.552. The Morgan fingerprint density at radius 3 is 2.30 bits per heavy atom. The molecular formula is C31H40N2O4. The smallest absolute Gasteiger partial charge is 0.254 e. The molecule has 198 valence electrons. The molecule has 1 unspecified atom stereocenters. The van der Waals surface area contributed by atoms with Gasteiger partial charge in [0, 0.05) is 54.1 Å². The van der Waals surface area contributed by atoms with Gasteiger partial charge in [-0.3, -0.25) is 9.59 Å². The molecule has 1 atom stereocenters. The Hall–Kier alpha value is -2.60. The largest absolute Gasteiger partial charge is 0.448 e. The highest BCUT2D eigenvalue weighted by Gasteiger charge is 2.62. The molecule has 4 aliphatic carbocycles. The van der Waals surface area contributed by atoms with E-state index in [4.69, 9.17) is 9.47 Å². The highest BCUT2D eigenvalue weighted by molar-refractivity contribution is 6.03. The van der Waals surface area contributed by atoms with E-state index < -0.39 is 5.79 Å². The molecule has 6 heteroatoms. The molecule has 3 saturated carbocycles. The SMILES string of the molecule is CC1=CC(C)=C(CN2CCc3cc4c(c(C)c3C2=O)OC(C)(C23CCC(N(C)C)(CC2)CC3)O4)C(=O)C1. The van der Waals surface area contributed by atoms with Crippen LogP contribution in [-0.2, 0) is 11.2 Å². The molecule has 1 aromatic carbocycles. The van der Waals surface area contributed by atoms with Gasteiger partial charge in [0.1, 0.15) is 0 Å². The molecule has 7 rings (SSSR count). The number of carbonyl (C=O) groups excluding carboxylic acids is 2. The minimum absolute atomic E-state index is 0.0102. The zero-order chi connectivity index (χ0) is 26.3. The van der Waals surface area contributed by atoms with E-state index in [9.17, 15) is 9.59 Å². The molecule has 0 radical (unpaired) electrons. The average molecular weight is 505 g/mol. The van der Waals surface area contributed by atoms with Crippen LogP contribution in [0.5, 0.6) is 11.5 Å². The summed E-state index contributed by atoms with van der Waals surface area (Å²) < 4.78 is 13.4. The van der Waals surface area contributed by atoms with Crippen molar-refractivity contribution in [2.45, 2.75) is 90.4 Å². The molecule has 0 saturated heterocycles. The summed E-state index contributed by atoms with van der Waals surface area (Å²) in [6, 6.07) is 2.05. The third-order valence-corrected chi connectivity index (χ3v) is 10.5. The van der Waals surface area contributed by atoms with E-state index in [0.717, 1.165) is 70.6 Å². The number of hydrogen-bond acceptors (Lipinski definition) is 5. The first-order chi connectivity index (χ1) is 17.5. The van der Waals surface area contributed by atoms with Gasteiger partial charge in [0.15, 0.2) is 17.3 Å². The van der Waals surface area contributed by atoms with Crippen molar-refractivity contribution >= 4 is 11.7 Å². The molecule has 0 N–H and O–H groups in total. The van der Waals surface area contributed by atoms with Crippen molar-refractivity contribution in [2.24, 2.45) is 5.41 Å². The van der Waals surface area contributed by atoms with Crippen LogP contribution in [0.3, 0.4) is 0 Å². The zero-order valence-corrected chi connectivity index (χ0v) is 23.3. The Balaban J connectivity index is 1.27. The lowest BCUT2D eigenvalue weighted by Gasteiger charge is -2.59. The van der Waals surface area contributed by atoms with Gasteiger partial charge in [0.05, 0.1) is 0 Å². The minimum Gasteiger partial charge on any atom is -0.448 e. The van der Waals surface area contributed by atoms with Crippen LogP contribution < -0.4 is 9.47 Å². The molecular weight excluding hydrogens is 464 g/mol. The third kappa shape index (κ3) is 3.54. The molecule has 1 aromatic rings. The summed E-state index contributed by atoms with van der Waals surface area (Å²) in [4.78, 5) is 30.7. The van der Waals surface area contributed by atoms with Gasteiger partial charge in [-0.2, -0.15) is 0 Å². The van der Waals surface area contributed by atoms with Crippen LogP contribution in [0.25, 0.3) is 0 Å². The van der Waals surface area contributed by atoms with E-state index in [2.05, 4.69) is 32.0 Å². The number of nitrogens with zero attached hydrogens (tertiary/aromatic N) is 2. The lowest BCUT2D eigenvalue weighted by molar-refractivity contribution is -0.211. The Kier molecular flexibility index (Phi) is 5.48. The molecule has 0 aromatic heterocycles. The zero-order valence-electron chi connectivity index (χ0n) is 23.3. The lowest BCUT2D eigenvalue weighted by Crippen LogP contribution is -2.62. The highest BCUT2D eigenvalue weighted by atomic mass is 16.7. The molecule has 6 aliphatic rings. The first-order valence-corrected chi connectivity index (χ1v) is 13.9. The summed E-state index contributed by atoms with van der Waals surface area (Å²) in [5, 5.41) is 0. The van der Waals surface area contributed by atoms with E-state index in [1.54, 1.807) is 0 Å². The fourth-order valence-electron chi connectivity index (χ4n) is 7.85. The highest BCUT2D eigenvalue weighted by Crippen LogP contribution is 2.62. The predicted octanol–water partition coefficient (Wildman–Crippen LogP) is 5.37. The van der Waals surface area contributed by atoms with Crippen molar-refractivity contribution in [3.05, 3.63) is 45.6 Å². The van der Waals surface area contributed by atoms with Gasteiger partial charge < -0.3 is 19.3 Å². The minimum atomic E-state index is -0.716. The number of ether oxygens (including phenoxy) is 2. The number of ketones is 1. The van der Waals surface area contributed by atoms with Gasteiger partial charge in [-0.15, -0.1) is 0 Å². The summed E-state index contributed by atoms with van der Waals surface area (Å²) in [5.74, 6) is 0.912. The van der Waals surface area contributed by atoms with Crippen LogP contribution in [0.2, 0.25) is 0 Å². The van der Waals surface area contributed by atoms with Crippen LogP contribution in [0.1, 0.15) is 87.2 Å². The van der Waals surface area contributed by atoms with Crippen LogP contribution in [0.4, 0.5) is 0 Å². The number of benzene rings is 1. The molecule has 37 heavy (non-hydrogen) atoms. The van der Waals surface area contributed by atoms with Gasteiger partial charge in [0.2, 0.25) is 0 Å². The summed E-state index contributed by atoms with van der Waals surface area (Å²) in [6.07, 6.45) is 10.1. The van der Waals surface area contributed by atoms with E-state index in [-0.39, 0.29) is 17.1 Å². The molecule has 0 spiro atoms. The van der Waals surface area contributed by atoms with Crippen LogP contribution in [0, 0.1) is 12.3 Å². The summed E-state index contributed by atoms with van der Waals surface area (Å²) in [6.45, 7) is 9.04. The molecule has 2 heterocycles. The first kappa shape index (κ1) is 24.7. The predicted molar refractivity (Wildman–Crippen MR) is 143 cm³/mol. The Bertz CT molecular complexity index is 1250. The van der Waals surface area contributed by atoms with E-state index in [0.29, 0.717) is 25.0 Å². The first-order valence-electron chi connectivity index (χ1n) is 13.9. The van der Waals surface area contributed by atoms with Gasteiger partial charge >= 0.3 is 0 Å². The fraction of sp³-hybridized carbons (Fsp3) is 0.613. The monoisotopic (exact) mass is 504 g/mol. The van der Waals surface area contributed by atoms with Crippen LogP contribution in [0.15, 0.2) is 28.9 Å². The Morgan fingerprint density at radius 2 is 1.68 bits per heavy atom. The third-order valence-electron chi connectivity index (χ3n) is 10.5.